The summed E-state index contributed by atoms with van der Waals surface area (Å²) in [5.74, 6) is -1.37. The molecule has 1 rings (SSSR count). The Kier molecular flexibility index (Phi) is 5.32. The molecule has 1 aliphatic rings. The molecule has 0 aliphatic heterocycles. The molecule has 6 nitrogen and oxygen atoms in total. The number of carboxylic acid groups (broad SMARTS) is 1. The number of hydrogen-bond donors (Lipinski definition) is 3. The maximum atomic E-state index is 11.6. The number of carboxylic acids is 1. The standard InChI is InChI=1S/C13H22N2O4/c1-13(2)7-6-9(8-13)14-12(19)15-10(16)4-3-5-11(17)18/h9H,3-8H2,1-2H3,(H,17,18)(H2,14,15,16,19). The van der Waals surface area contributed by atoms with Crippen LogP contribution in [0.25, 0.3) is 0 Å². The van der Waals surface area contributed by atoms with Crippen LogP contribution in [0.15, 0.2) is 0 Å². The normalized spacial score (nSPS) is 20.8. The highest BCUT2D eigenvalue weighted by atomic mass is 16.4. The maximum Gasteiger partial charge on any atom is 0.321 e. The van der Waals surface area contributed by atoms with Crippen molar-refractivity contribution >= 4 is 17.9 Å². The van der Waals surface area contributed by atoms with Crippen LogP contribution in [-0.4, -0.2) is 29.1 Å². The van der Waals surface area contributed by atoms with Gasteiger partial charge in [-0.2, -0.15) is 0 Å². The zero-order chi connectivity index (χ0) is 14.5. The number of urea groups is 1. The average Bonchev–Trinajstić information content (AvgIpc) is 2.56. The maximum absolute atomic E-state index is 11.6. The molecule has 0 aromatic rings. The Balaban J connectivity index is 2.20. The largest absolute Gasteiger partial charge is 0.481 e. The Morgan fingerprint density at radius 3 is 2.47 bits per heavy atom. The molecule has 108 valence electrons. The van der Waals surface area contributed by atoms with Crippen molar-refractivity contribution in [3.63, 3.8) is 0 Å². The van der Waals surface area contributed by atoms with Gasteiger partial charge in [-0.3, -0.25) is 14.9 Å². The van der Waals surface area contributed by atoms with Crippen LogP contribution in [0.5, 0.6) is 0 Å². The van der Waals surface area contributed by atoms with E-state index in [1.54, 1.807) is 0 Å². The molecule has 1 atom stereocenters. The highest BCUT2D eigenvalue weighted by molar-refractivity contribution is 5.94. The molecular formula is C13H22N2O4. The molecule has 0 saturated heterocycles. The number of hydrogen-bond acceptors (Lipinski definition) is 3. The lowest BCUT2D eigenvalue weighted by Gasteiger charge is -2.17. The minimum atomic E-state index is -0.939. The van der Waals surface area contributed by atoms with E-state index in [1.807, 2.05) is 0 Å². The van der Waals surface area contributed by atoms with Crippen LogP contribution in [-0.2, 0) is 9.59 Å². The molecular weight excluding hydrogens is 248 g/mol. The molecule has 1 aliphatic carbocycles. The first kappa shape index (κ1) is 15.5. The van der Waals surface area contributed by atoms with Gasteiger partial charge >= 0.3 is 12.0 Å². The van der Waals surface area contributed by atoms with Gasteiger partial charge in [0, 0.05) is 18.9 Å². The lowest BCUT2D eigenvalue weighted by molar-refractivity contribution is -0.137. The Morgan fingerprint density at radius 1 is 1.26 bits per heavy atom. The molecule has 0 spiro atoms. The summed E-state index contributed by atoms with van der Waals surface area (Å²) in [7, 11) is 0. The van der Waals surface area contributed by atoms with Gasteiger partial charge in [0.05, 0.1) is 0 Å². The number of carbonyl (C=O) groups is 3. The van der Waals surface area contributed by atoms with Crippen molar-refractivity contribution < 1.29 is 19.5 Å². The van der Waals surface area contributed by atoms with Crippen LogP contribution >= 0.6 is 0 Å². The Bertz CT molecular complexity index is 366. The van der Waals surface area contributed by atoms with Crippen molar-refractivity contribution in [2.45, 2.75) is 58.4 Å². The number of aliphatic carboxylic acids is 1. The molecule has 0 aromatic carbocycles. The van der Waals surface area contributed by atoms with E-state index >= 15 is 0 Å². The van der Waals surface area contributed by atoms with E-state index in [-0.39, 0.29) is 30.7 Å². The van der Waals surface area contributed by atoms with Gasteiger partial charge in [-0.15, -0.1) is 0 Å². The molecule has 3 N–H and O–H groups in total. The first-order chi connectivity index (χ1) is 8.78. The average molecular weight is 270 g/mol. The second kappa shape index (κ2) is 6.54. The van der Waals surface area contributed by atoms with Gasteiger partial charge in [-0.25, -0.2) is 4.79 Å². The lowest BCUT2D eigenvalue weighted by atomic mass is 9.92. The summed E-state index contributed by atoms with van der Waals surface area (Å²) in [6, 6.07) is -0.371. The van der Waals surface area contributed by atoms with E-state index in [1.165, 1.54) is 0 Å². The van der Waals surface area contributed by atoms with E-state index in [4.69, 9.17) is 5.11 Å². The van der Waals surface area contributed by atoms with Crippen LogP contribution in [0, 0.1) is 5.41 Å². The van der Waals surface area contributed by atoms with Gasteiger partial charge in [-0.05, 0) is 31.1 Å². The van der Waals surface area contributed by atoms with Crippen molar-refractivity contribution in [1.29, 1.82) is 0 Å². The van der Waals surface area contributed by atoms with Gasteiger partial charge in [0.15, 0.2) is 0 Å². The predicted molar refractivity (Wildman–Crippen MR) is 69.6 cm³/mol. The number of imide groups is 1. The van der Waals surface area contributed by atoms with E-state index in [2.05, 4.69) is 24.5 Å². The number of rotatable bonds is 5. The fourth-order valence-corrected chi connectivity index (χ4v) is 2.37. The summed E-state index contributed by atoms with van der Waals surface area (Å²) in [6.07, 6.45) is 3.12. The SMILES string of the molecule is CC1(C)CCC(NC(=O)NC(=O)CCCC(=O)O)C1. The van der Waals surface area contributed by atoms with Crippen molar-refractivity contribution in [1.82, 2.24) is 10.6 Å². The zero-order valence-corrected chi connectivity index (χ0v) is 11.5. The fourth-order valence-electron chi connectivity index (χ4n) is 2.37. The number of carbonyl (C=O) groups excluding carboxylic acids is 2. The van der Waals surface area contributed by atoms with E-state index in [0.29, 0.717) is 0 Å². The monoisotopic (exact) mass is 270 g/mol. The van der Waals surface area contributed by atoms with E-state index < -0.39 is 17.9 Å². The third-order valence-corrected chi connectivity index (χ3v) is 3.35. The van der Waals surface area contributed by atoms with Crippen LogP contribution in [0.2, 0.25) is 0 Å². The molecule has 0 radical (unpaired) electrons. The summed E-state index contributed by atoms with van der Waals surface area (Å²) >= 11 is 0. The van der Waals surface area contributed by atoms with Gasteiger partial charge in [-0.1, -0.05) is 13.8 Å². The van der Waals surface area contributed by atoms with Gasteiger partial charge < -0.3 is 10.4 Å². The Hall–Kier alpha value is -1.59. The third kappa shape index (κ3) is 6.22. The van der Waals surface area contributed by atoms with Crippen molar-refractivity contribution in [2.24, 2.45) is 5.41 Å². The van der Waals surface area contributed by atoms with Gasteiger partial charge in [0.1, 0.15) is 0 Å². The lowest BCUT2D eigenvalue weighted by Crippen LogP contribution is -2.43. The smallest absolute Gasteiger partial charge is 0.321 e. The predicted octanol–water partition coefficient (Wildman–Crippen LogP) is 1.65. The summed E-state index contributed by atoms with van der Waals surface area (Å²) < 4.78 is 0. The number of nitrogens with one attached hydrogen (secondary N) is 2. The summed E-state index contributed by atoms with van der Waals surface area (Å²) in [5.41, 5.74) is 0.240. The molecule has 3 amide bonds. The van der Waals surface area contributed by atoms with Crippen molar-refractivity contribution in [2.75, 3.05) is 0 Å². The molecule has 6 heteroatoms. The third-order valence-electron chi connectivity index (χ3n) is 3.35. The van der Waals surface area contributed by atoms with Gasteiger partial charge in [0.25, 0.3) is 0 Å². The van der Waals surface area contributed by atoms with Crippen molar-refractivity contribution in [3.8, 4) is 0 Å². The minimum Gasteiger partial charge on any atom is -0.481 e. The Morgan fingerprint density at radius 2 is 1.95 bits per heavy atom. The van der Waals surface area contributed by atoms with Crippen LogP contribution in [0.4, 0.5) is 4.79 Å². The first-order valence-electron chi connectivity index (χ1n) is 6.61. The van der Waals surface area contributed by atoms with E-state index in [9.17, 15) is 14.4 Å². The van der Waals surface area contributed by atoms with Crippen LogP contribution in [0.3, 0.4) is 0 Å². The quantitative estimate of drug-likeness (QED) is 0.707. The first-order valence-corrected chi connectivity index (χ1v) is 6.61. The number of amides is 3. The molecule has 1 saturated carbocycles. The molecule has 1 fully saturated rings. The van der Waals surface area contributed by atoms with E-state index in [0.717, 1.165) is 19.3 Å². The fraction of sp³-hybridized carbons (Fsp3) is 0.769. The van der Waals surface area contributed by atoms with Crippen LogP contribution < -0.4 is 10.6 Å². The second-order valence-corrected chi connectivity index (χ2v) is 5.87. The molecule has 0 heterocycles. The summed E-state index contributed by atoms with van der Waals surface area (Å²) in [5, 5.41) is 13.4. The molecule has 1 unspecified atom stereocenters. The zero-order valence-electron chi connectivity index (χ0n) is 11.5. The molecule has 0 bridgehead atoms. The Labute approximate surface area is 112 Å². The summed E-state index contributed by atoms with van der Waals surface area (Å²) in [4.78, 5) is 33.2. The highest BCUT2D eigenvalue weighted by Gasteiger charge is 2.31. The molecule has 19 heavy (non-hydrogen) atoms. The van der Waals surface area contributed by atoms with Crippen LogP contribution in [0.1, 0.15) is 52.4 Å². The summed E-state index contributed by atoms with van der Waals surface area (Å²) in [6.45, 7) is 4.31. The van der Waals surface area contributed by atoms with Gasteiger partial charge in [0.2, 0.25) is 5.91 Å². The highest BCUT2D eigenvalue weighted by Crippen LogP contribution is 2.36. The topological polar surface area (TPSA) is 95.5 Å². The van der Waals surface area contributed by atoms with Crippen molar-refractivity contribution in [3.05, 3.63) is 0 Å². The minimum absolute atomic E-state index is 0.0515. The molecule has 0 aromatic heterocycles. The second-order valence-electron chi connectivity index (χ2n) is 5.87.